The van der Waals surface area contributed by atoms with Crippen LogP contribution in [0.5, 0.6) is 0 Å². The second kappa shape index (κ2) is 4.75. The van der Waals surface area contributed by atoms with Crippen LogP contribution >= 0.6 is 0 Å². The molecule has 2 aliphatic rings. The Morgan fingerprint density at radius 3 is 2.93 bits per heavy atom. The zero-order valence-corrected chi connectivity index (χ0v) is 8.45. The topological polar surface area (TPSA) is 41.6 Å². The molecule has 0 aromatic heterocycles. The summed E-state index contributed by atoms with van der Waals surface area (Å²) in [6, 6.07) is 0.466. The first-order valence-electron chi connectivity index (χ1n) is 5.40. The molecule has 1 unspecified atom stereocenters. The van der Waals surface area contributed by atoms with E-state index in [1.54, 1.807) is 0 Å². The lowest BCUT2D eigenvalue weighted by molar-refractivity contribution is -0.109. The minimum Gasteiger partial charge on any atom is -0.379 e. The lowest BCUT2D eigenvalue weighted by Crippen LogP contribution is -2.37. The fourth-order valence-electron chi connectivity index (χ4n) is 2.03. The molecule has 1 saturated heterocycles. The maximum atomic E-state index is 10.2. The minimum atomic E-state index is 0.466. The predicted octanol–water partition coefficient (Wildman–Crippen LogP) is -0.157. The molecule has 0 spiro atoms. The Morgan fingerprint density at radius 1 is 1.43 bits per heavy atom. The summed E-state index contributed by atoms with van der Waals surface area (Å²) in [7, 11) is 0. The average molecular weight is 198 g/mol. The Kier molecular flexibility index (Phi) is 3.37. The van der Waals surface area contributed by atoms with Gasteiger partial charge in [-0.2, -0.15) is 0 Å². The third-order valence-electron chi connectivity index (χ3n) is 3.12. The van der Waals surface area contributed by atoms with Crippen molar-refractivity contribution in [2.45, 2.75) is 18.9 Å². The van der Waals surface area contributed by atoms with Gasteiger partial charge >= 0.3 is 0 Å². The van der Waals surface area contributed by atoms with Gasteiger partial charge in [0.25, 0.3) is 0 Å². The van der Waals surface area contributed by atoms with Gasteiger partial charge in [-0.3, -0.25) is 9.69 Å². The number of ether oxygens (including phenoxy) is 1. The molecule has 0 aromatic carbocycles. The number of nitrogens with zero attached hydrogens (tertiary/aromatic N) is 1. The smallest absolute Gasteiger partial charge is 0.207 e. The normalized spacial score (nSPS) is 32.6. The fraction of sp³-hybridized carbons (Fsp3) is 0.900. The molecule has 80 valence electrons. The van der Waals surface area contributed by atoms with Gasteiger partial charge < -0.3 is 10.1 Å². The van der Waals surface area contributed by atoms with E-state index in [1.807, 2.05) is 0 Å². The van der Waals surface area contributed by atoms with Crippen molar-refractivity contribution in [2.75, 3.05) is 32.8 Å². The number of nitrogens with one attached hydrogen (secondary N) is 1. The van der Waals surface area contributed by atoms with E-state index in [2.05, 4.69) is 10.2 Å². The first-order chi connectivity index (χ1) is 6.90. The van der Waals surface area contributed by atoms with Crippen LogP contribution in [0, 0.1) is 5.92 Å². The Labute approximate surface area is 84.6 Å². The lowest BCUT2D eigenvalue weighted by Gasteiger charge is -2.26. The molecule has 1 saturated carbocycles. The van der Waals surface area contributed by atoms with Crippen molar-refractivity contribution in [1.82, 2.24) is 10.2 Å². The van der Waals surface area contributed by atoms with Gasteiger partial charge in [0.15, 0.2) is 0 Å². The number of amides is 1. The highest BCUT2D eigenvalue weighted by molar-refractivity contribution is 5.47. The summed E-state index contributed by atoms with van der Waals surface area (Å²) in [5, 5.41) is 2.83. The van der Waals surface area contributed by atoms with Gasteiger partial charge in [0, 0.05) is 19.1 Å². The molecule has 4 heteroatoms. The van der Waals surface area contributed by atoms with Crippen LogP contribution in [-0.4, -0.2) is 50.2 Å². The van der Waals surface area contributed by atoms with Crippen LogP contribution in [0.1, 0.15) is 12.8 Å². The van der Waals surface area contributed by atoms with Crippen molar-refractivity contribution < 1.29 is 9.53 Å². The predicted molar refractivity (Wildman–Crippen MR) is 53.0 cm³/mol. The van der Waals surface area contributed by atoms with E-state index in [4.69, 9.17) is 4.74 Å². The largest absolute Gasteiger partial charge is 0.379 e. The highest BCUT2D eigenvalue weighted by atomic mass is 16.5. The molecule has 2 atom stereocenters. The van der Waals surface area contributed by atoms with Gasteiger partial charge in [-0.05, 0) is 25.3 Å². The Balaban J connectivity index is 1.56. The molecule has 1 amide bonds. The Bertz CT molecular complexity index is 193. The van der Waals surface area contributed by atoms with Crippen LogP contribution in [0.4, 0.5) is 0 Å². The molecule has 14 heavy (non-hydrogen) atoms. The van der Waals surface area contributed by atoms with Crippen molar-refractivity contribution in [3.8, 4) is 0 Å². The highest BCUT2D eigenvalue weighted by Gasteiger charge is 2.36. The molecule has 0 radical (unpaired) electrons. The van der Waals surface area contributed by atoms with Crippen molar-refractivity contribution in [3.63, 3.8) is 0 Å². The van der Waals surface area contributed by atoms with Gasteiger partial charge in [-0.1, -0.05) is 0 Å². The summed E-state index contributed by atoms with van der Waals surface area (Å²) < 4.78 is 5.28. The van der Waals surface area contributed by atoms with Gasteiger partial charge in [0.1, 0.15) is 0 Å². The maximum absolute atomic E-state index is 10.2. The first-order valence-corrected chi connectivity index (χ1v) is 5.40. The van der Waals surface area contributed by atoms with Crippen LogP contribution in [0.3, 0.4) is 0 Å². The van der Waals surface area contributed by atoms with Gasteiger partial charge in [-0.25, -0.2) is 0 Å². The van der Waals surface area contributed by atoms with Crippen molar-refractivity contribution in [3.05, 3.63) is 0 Å². The van der Waals surface area contributed by atoms with E-state index < -0.39 is 0 Å². The molecule has 0 aromatic rings. The average Bonchev–Trinajstić information content (AvgIpc) is 2.96. The van der Waals surface area contributed by atoms with E-state index in [-0.39, 0.29) is 0 Å². The molecule has 1 heterocycles. The summed E-state index contributed by atoms with van der Waals surface area (Å²) >= 11 is 0. The number of carbonyl (C=O) groups excluding carboxylic acids is 1. The summed E-state index contributed by atoms with van der Waals surface area (Å²) in [4.78, 5) is 12.6. The molecule has 2 fully saturated rings. The maximum Gasteiger partial charge on any atom is 0.207 e. The standard InChI is InChI=1S/C10H18N2O2/c13-8-11-10-7-9(10)1-2-12-3-5-14-6-4-12/h8-10H,1-7H2,(H,11,13)/t9?,10-/m1/s1. The molecular formula is C10H18N2O2. The van der Waals surface area contributed by atoms with E-state index in [1.165, 1.54) is 12.8 Å². The molecule has 1 aliphatic heterocycles. The van der Waals surface area contributed by atoms with Crippen molar-refractivity contribution in [2.24, 2.45) is 5.92 Å². The quantitative estimate of drug-likeness (QED) is 0.624. The van der Waals surface area contributed by atoms with E-state index >= 15 is 0 Å². The Morgan fingerprint density at radius 2 is 2.21 bits per heavy atom. The molecule has 1 N–H and O–H groups in total. The van der Waals surface area contributed by atoms with E-state index in [0.717, 1.165) is 45.2 Å². The SMILES string of the molecule is O=CN[C@@H]1CC1CCN1CCOCC1. The number of hydrogen-bond acceptors (Lipinski definition) is 3. The monoisotopic (exact) mass is 198 g/mol. The molecule has 0 bridgehead atoms. The summed E-state index contributed by atoms with van der Waals surface area (Å²) in [6.07, 6.45) is 3.20. The van der Waals surface area contributed by atoms with E-state index in [9.17, 15) is 4.79 Å². The highest BCUT2D eigenvalue weighted by Crippen LogP contribution is 2.33. The number of morpholine rings is 1. The van der Waals surface area contributed by atoms with Crippen LogP contribution in [0.2, 0.25) is 0 Å². The first kappa shape index (κ1) is 9.93. The van der Waals surface area contributed by atoms with Crippen LogP contribution in [0.25, 0.3) is 0 Å². The zero-order chi connectivity index (χ0) is 9.80. The second-order valence-corrected chi connectivity index (χ2v) is 4.13. The van der Waals surface area contributed by atoms with Crippen LogP contribution in [0.15, 0.2) is 0 Å². The minimum absolute atomic E-state index is 0.466. The van der Waals surface area contributed by atoms with Gasteiger partial charge in [0.2, 0.25) is 6.41 Å². The molecule has 4 nitrogen and oxygen atoms in total. The van der Waals surface area contributed by atoms with Crippen LogP contribution < -0.4 is 5.32 Å². The summed E-state index contributed by atoms with van der Waals surface area (Å²) in [5.74, 6) is 0.725. The number of hydrogen-bond donors (Lipinski definition) is 1. The third kappa shape index (κ3) is 2.69. The second-order valence-electron chi connectivity index (χ2n) is 4.13. The number of carbonyl (C=O) groups is 1. The van der Waals surface area contributed by atoms with E-state index in [0.29, 0.717) is 6.04 Å². The molecular weight excluding hydrogens is 180 g/mol. The van der Waals surface area contributed by atoms with Crippen molar-refractivity contribution in [1.29, 1.82) is 0 Å². The Hall–Kier alpha value is -0.610. The van der Waals surface area contributed by atoms with Gasteiger partial charge in [0.05, 0.1) is 13.2 Å². The third-order valence-corrected chi connectivity index (χ3v) is 3.12. The zero-order valence-electron chi connectivity index (χ0n) is 8.45. The molecule has 1 aliphatic carbocycles. The number of rotatable bonds is 5. The van der Waals surface area contributed by atoms with Gasteiger partial charge in [-0.15, -0.1) is 0 Å². The molecule has 2 rings (SSSR count). The lowest BCUT2D eigenvalue weighted by atomic mass is 10.2. The summed E-state index contributed by atoms with van der Waals surface area (Å²) in [5.41, 5.74) is 0. The fourth-order valence-corrected chi connectivity index (χ4v) is 2.03. The van der Waals surface area contributed by atoms with Crippen molar-refractivity contribution >= 4 is 6.41 Å². The van der Waals surface area contributed by atoms with Crippen LogP contribution in [-0.2, 0) is 9.53 Å². The summed E-state index contributed by atoms with van der Waals surface area (Å²) in [6.45, 7) is 5.05.